The average molecular weight is 347 g/mol. The number of rotatable bonds is 9. The number of benzene rings is 1. The number of para-hydroxylation sites is 1. The third-order valence-corrected chi connectivity index (χ3v) is 3.97. The monoisotopic (exact) mass is 347 g/mol. The van der Waals surface area contributed by atoms with Gasteiger partial charge in [0, 0.05) is 51.0 Å². The van der Waals surface area contributed by atoms with Crippen LogP contribution in [0.25, 0.3) is 10.9 Å². The van der Waals surface area contributed by atoms with Crippen molar-refractivity contribution in [3.05, 3.63) is 36.0 Å². The Labute approximate surface area is 147 Å². The van der Waals surface area contributed by atoms with Crippen LogP contribution in [-0.4, -0.2) is 68.8 Å². The van der Waals surface area contributed by atoms with E-state index in [1.807, 2.05) is 30.5 Å². The van der Waals surface area contributed by atoms with Gasteiger partial charge in [0.15, 0.2) is 0 Å². The molecule has 0 spiro atoms. The molecule has 0 aliphatic rings. The van der Waals surface area contributed by atoms with Crippen molar-refractivity contribution in [2.45, 2.75) is 6.42 Å². The summed E-state index contributed by atoms with van der Waals surface area (Å²) >= 11 is 0. The number of carbonyl (C=O) groups excluding carboxylic acids is 2. The highest BCUT2D eigenvalue weighted by Gasteiger charge is 2.21. The average Bonchev–Trinajstić information content (AvgIpc) is 3.04. The summed E-state index contributed by atoms with van der Waals surface area (Å²) in [6, 6.07) is 7.98. The highest BCUT2D eigenvalue weighted by Crippen LogP contribution is 2.17. The first-order valence-electron chi connectivity index (χ1n) is 8.27. The molecule has 0 aliphatic carbocycles. The second-order valence-electron chi connectivity index (χ2n) is 5.64. The van der Waals surface area contributed by atoms with E-state index in [1.165, 1.54) is 4.90 Å². The minimum atomic E-state index is -0.605. The minimum Gasteiger partial charge on any atom is -0.383 e. The number of nitrogens with zero attached hydrogens (tertiary/aromatic N) is 1. The van der Waals surface area contributed by atoms with Crippen LogP contribution >= 0.6 is 0 Å². The molecule has 0 fully saturated rings. The Morgan fingerprint density at radius 1 is 1.12 bits per heavy atom. The minimum absolute atomic E-state index is 0.356. The lowest BCUT2D eigenvalue weighted by molar-refractivity contribution is -0.146. The van der Waals surface area contributed by atoms with Crippen molar-refractivity contribution in [3.63, 3.8) is 0 Å². The van der Waals surface area contributed by atoms with Crippen molar-refractivity contribution in [1.82, 2.24) is 15.2 Å². The zero-order chi connectivity index (χ0) is 18.1. The highest BCUT2D eigenvalue weighted by atomic mass is 16.5. The lowest BCUT2D eigenvalue weighted by Crippen LogP contribution is -2.46. The zero-order valence-electron chi connectivity index (χ0n) is 14.7. The molecular weight excluding hydrogens is 322 g/mol. The highest BCUT2D eigenvalue weighted by molar-refractivity contribution is 6.35. The van der Waals surface area contributed by atoms with E-state index in [-0.39, 0.29) is 0 Å². The van der Waals surface area contributed by atoms with Crippen molar-refractivity contribution in [2.75, 3.05) is 47.1 Å². The fourth-order valence-corrected chi connectivity index (χ4v) is 2.59. The van der Waals surface area contributed by atoms with Crippen LogP contribution in [-0.2, 0) is 25.5 Å². The molecule has 7 heteroatoms. The molecule has 0 radical (unpaired) electrons. The number of H-pyrrole nitrogens is 1. The maximum Gasteiger partial charge on any atom is 0.312 e. The van der Waals surface area contributed by atoms with Crippen molar-refractivity contribution in [2.24, 2.45) is 0 Å². The standard InChI is InChI=1S/C18H25N3O4/c1-24-11-9-21(10-12-25-2)18(23)17(22)19-8-7-14-13-20-16-6-4-3-5-15(14)16/h3-6,13,20H,7-12H2,1-2H3,(H,19,22). The van der Waals surface area contributed by atoms with E-state index in [0.29, 0.717) is 39.3 Å². The van der Waals surface area contributed by atoms with Gasteiger partial charge in [-0.25, -0.2) is 0 Å². The number of aromatic nitrogens is 1. The second kappa shape index (κ2) is 9.80. The number of carbonyl (C=O) groups is 2. The van der Waals surface area contributed by atoms with Crippen LogP contribution in [0.15, 0.2) is 30.5 Å². The Balaban J connectivity index is 1.86. The lowest BCUT2D eigenvalue weighted by atomic mass is 10.1. The number of ether oxygens (including phenoxy) is 2. The number of hydrogen-bond acceptors (Lipinski definition) is 4. The molecule has 2 rings (SSSR count). The summed E-state index contributed by atoms with van der Waals surface area (Å²) in [6.45, 7) is 1.86. The van der Waals surface area contributed by atoms with E-state index in [9.17, 15) is 9.59 Å². The van der Waals surface area contributed by atoms with Gasteiger partial charge in [-0.3, -0.25) is 9.59 Å². The molecule has 2 N–H and O–H groups in total. The van der Waals surface area contributed by atoms with Gasteiger partial charge in [0.25, 0.3) is 0 Å². The molecule has 0 saturated heterocycles. The second-order valence-corrected chi connectivity index (χ2v) is 5.64. The van der Waals surface area contributed by atoms with Gasteiger partial charge in [-0.15, -0.1) is 0 Å². The van der Waals surface area contributed by atoms with Crippen molar-refractivity contribution in [1.29, 1.82) is 0 Å². The predicted octanol–water partition coefficient (Wildman–Crippen LogP) is 0.948. The molecule has 1 aromatic heterocycles. The van der Waals surface area contributed by atoms with Crippen LogP contribution in [0.3, 0.4) is 0 Å². The van der Waals surface area contributed by atoms with Crippen LogP contribution in [0, 0.1) is 0 Å². The molecule has 2 aromatic rings. The molecule has 0 unspecified atom stereocenters. The van der Waals surface area contributed by atoms with Crippen LogP contribution in [0.2, 0.25) is 0 Å². The van der Waals surface area contributed by atoms with Crippen LogP contribution in [0.4, 0.5) is 0 Å². The van der Waals surface area contributed by atoms with Gasteiger partial charge in [-0.1, -0.05) is 18.2 Å². The molecular formula is C18H25N3O4. The van der Waals surface area contributed by atoms with Gasteiger partial charge < -0.3 is 24.7 Å². The molecule has 1 heterocycles. The number of methoxy groups -OCH3 is 2. The van der Waals surface area contributed by atoms with E-state index in [2.05, 4.69) is 10.3 Å². The van der Waals surface area contributed by atoms with E-state index in [4.69, 9.17) is 9.47 Å². The van der Waals surface area contributed by atoms with Gasteiger partial charge in [0.05, 0.1) is 13.2 Å². The summed E-state index contributed by atoms with van der Waals surface area (Å²) in [7, 11) is 3.11. The molecule has 0 atom stereocenters. The molecule has 136 valence electrons. The van der Waals surface area contributed by atoms with Gasteiger partial charge in [0.2, 0.25) is 0 Å². The molecule has 0 bridgehead atoms. The summed E-state index contributed by atoms with van der Waals surface area (Å²) in [4.78, 5) is 29.0. The molecule has 0 aliphatic heterocycles. The summed E-state index contributed by atoms with van der Waals surface area (Å²) in [5.74, 6) is -1.17. The van der Waals surface area contributed by atoms with Crippen molar-refractivity contribution >= 4 is 22.7 Å². The Morgan fingerprint density at radius 3 is 2.48 bits per heavy atom. The normalized spacial score (nSPS) is 10.8. The number of aromatic amines is 1. The Hall–Kier alpha value is -2.38. The Kier molecular flexibility index (Phi) is 7.43. The molecule has 1 aromatic carbocycles. The largest absolute Gasteiger partial charge is 0.383 e. The summed E-state index contributed by atoms with van der Waals surface area (Å²) in [6.07, 6.45) is 2.58. The van der Waals surface area contributed by atoms with E-state index in [0.717, 1.165) is 16.5 Å². The topological polar surface area (TPSA) is 83.7 Å². The number of hydrogen-bond donors (Lipinski definition) is 2. The number of amides is 2. The zero-order valence-corrected chi connectivity index (χ0v) is 14.7. The van der Waals surface area contributed by atoms with Gasteiger partial charge >= 0.3 is 11.8 Å². The third kappa shape index (κ3) is 5.30. The summed E-state index contributed by atoms with van der Waals surface area (Å²) < 4.78 is 9.97. The number of fused-ring (bicyclic) bond motifs is 1. The first kappa shape index (κ1) is 19.0. The molecule has 7 nitrogen and oxygen atoms in total. The number of nitrogens with one attached hydrogen (secondary N) is 2. The molecule has 2 amide bonds. The first-order valence-corrected chi connectivity index (χ1v) is 8.27. The quantitative estimate of drug-likeness (QED) is 0.662. The van der Waals surface area contributed by atoms with E-state index < -0.39 is 11.8 Å². The van der Waals surface area contributed by atoms with Crippen molar-refractivity contribution < 1.29 is 19.1 Å². The van der Waals surface area contributed by atoms with Crippen LogP contribution in [0.5, 0.6) is 0 Å². The summed E-state index contributed by atoms with van der Waals surface area (Å²) in [5, 5.41) is 3.82. The Morgan fingerprint density at radius 2 is 1.80 bits per heavy atom. The van der Waals surface area contributed by atoms with E-state index in [1.54, 1.807) is 14.2 Å². The smallest absolute Gasteiger partial charge is 0.312 e. The fourth-order valence-electron chi connectivity index (χ4n) is 2.59. The van der Waals surface area contributed by atoms with Gasteiger partial charge in [-0.05, 0) is 18.1 Å². The molecule has 25 heavy (non-hydrogen) atoms. The summed E-state index contributed by atoms with van der Waals surface area (Å²) in [5.41, 5.74) is 2.17. The third-order valence-electron chi connectivity index (χ3n) is 3.97. The predicted molar refractivity (Wildman–Crippen MR) is 95.3 cm³/mol. The Bertz CT molecular complexity index is 690. The SMILES string of the molecule is COCCN(CCOC)C(=O)C(=O)NCCc1c[nH]c2ccccc12. The maximum atomic E-state index is 12.3. The van der Waals surface area contributed by atoms with Crippen LogP contribution in [0.1, 0.15) is 5.56 Å². The van der Waals surface area contributed by atoms with E-state index >= 15 is 0 Å². The van der Waals surface area contributed by atoms with Crippen LogP contribution < -0.4 is 5.32 Å². The molecule has 0 saturated carbocycles. The first-order chi connectivity index (χ1) is 12.2. The van der Waals surface area contributed by atoms with Gasteiger partial charge in [-0.2, -0.15) is 0 Å². The lowest BCUT2D eigenvalue weighted by Gasteiger charge is -2.21. The van der Waals surface area contributed by atoms with Crippen molar-refractivity contribution in [3.8, 4) is 0 Å². The maximum absolute atomic E-state index is 12.3. The fraction of sp³-hybridized carbons (Fsp3) is 0.444. The van der Waals surface area contributed by atoms with Gasteiger partial charge in [0.1, 0.15) is 0 Å².